The van der Waals surface area contributed by atoms with Crippen LogP contribution in [0.5, 0.6) is 0 Å². The fraction of sp³-hybridized carbons (Fsp3) is 0. The zero-order chi connectivity index (χ0) is 39.6. The minimum Gasteiger partial charge on any atom is -0.307 e. The van der Waals surface area contributed by atoms with E-state index in [2.05, 4.69) is 185 Å². The van der Waals surface area contributed by atoms with Crippen LogP contribution in [-0.2, 0) is 0 Å². The van der Waals surface area contributed by atoms with Crippen LogP contribution in [0.4, 0.5) is 0 Å². The third-order valence-corrected chi connectivity index (χ3v) is 11.8. The van der Waals surface area contributed by atoms with Gasteiger partial charge >= 0.3 is 0 Å². The van der Waals surface area contributed by atoms with Crippen LogP contribution >= 0.6 is 0 Å². The van der Waals surface area contributed by atoms with Crippen molar-refractivity contribution in [2.45, 2.75) is 0 Å². The molecular weight excluding hydrogens is 731 g/mol. The fourth-order valence-corrected chi connectivity index (χ4v) is 9.08. The summed E-state index contributed by atoms with van der Waals surface area (Å²) in [6, 6.07) is 75.3. The molecule has 9 aromatic carbocycles. The van der Waals surface area contributed by atoms with Gasteiger partial charge in [-0.25, -0.2) is 15.0 Å². The van der Waals surface area contributed by atoms with Crippen molar-refractivity contribution < 1.29 is 0 Å². The van der Waals surface area contributed by atoms with E-state index in [0.717, 1.165) is 66.6 Å². The highest BCUT2D eigenvalue weighted by molar-refractivity contribution is 6.13. The maximum absolute atomic E-state index is 5.35. The molecule has 3 heterocycles. The highest BCUT2D eigenvalue weighted by atomic mass is 15.1. The Balaban J connectivity index is 1.29. The van der Waals surface area contributed by atoms with Crippen molar-refractivity contribution in [1.29, 1.82) is 0 Å². The van der Waals surface area contributed by atoms with E-state index >= 15 is 0 Å². The molecule has 0 N–H and O–H groups in total. The van der Waals surface area contributed by atoms with Crippen LogP contribution in [-0.4, -0.2) is 24.1 Å². The molecule has 12 aromatic rings. The molecule has 5 nitrogen and oxygen atoms in total. The maximum Gasteiger partial charge on any atom is 0.164 e. The minimum absolute atomic E-state index is 0.599. The van der Waals surface area contributed by atoms with Crippen molar-refractivity contribution in [3.63, 3.8) is 0 Å². The lowest BCUT2D eigenvalue weighted by atomic mass is 9.93. The highest BCUT2D eigenvalue weighted by Gasteiger charge is 2.27. The van der Waals surface area contributed by atoms with Crippen LogP contribution in [0.15, 0.2) is 212 Å². The lowest BCUT2D eigenvalue weighted by molar-refractivity contribution is 1.06. The molecule has 0 aliphatic rings. The zero-order valence-electron chi connectivity index (χ0n) is 32.4. The Hall–Kier alpha value is -8.15. The number of nitrogens with zero attached hydrogens (tertiary/aromatic N) is 5. The molecule has 12 rings (SSSR count). The average molecular weight is 766 g/mol. The molecule has 60 heavy (non-hydrogen) atoms. The Labute approximate surface area is 346 Å². The first-order valence-corrected chi connectivity index (χ1v) is 20.3. The predicted octanol–water partition coefficient (Wildman–Crippen LogP) is 13.9. The third kappa shape index (κ3) is 5.37. The predicted molar refractivity (Wildman–Crippen MR) is 248 cm³/mol. The summed E-state index contributed by atoms with van der Waals surface area (Å²) in [6.07, 6.45) is 0. The Morgan fingerprint density at radius 3 is 1.27 bits per heavy atom. The quantitative estimate of drug-likeness (QED) is 0.169. The summed E-state index contributed by atoms with van der Waals surface area (Å²) in [5, 5.41) is 7.12. The van der Waals surface area contributed by atoms with Gasteiger partial charge in [0.1, 0.15) is 0 Å². The Morgan fingerprint density at radius 1 is 0.300 bits per heavy atom. The lowest BCUT2D eigenvalue weighted by Crippen LogP contribution is -2.08. The van der Waals surface area contributed by atoms with E-state index in [0.29, 0.717) is 17.5 Å². The maximum atomic E-state index is 5.35. The first-order valence-electron chi connectivity index (χ1n) is 20.3. The van der Waals surface area contributed by atoms with Gasteiger partial charge in [0, 0.05) is 43.8 Å². The van der Waals surface area contributed by atoms with Gasteiger partial charge in [0.25, 0.3) is 0 Å². The lowest BCUT2D eigenvalue weighted by Gasteiger charge is -2.23. The largest absolute Gasteiger partial charge is 0.307 e. The minimum atomic E-state index is 0.599. The van der Waals surface area contributed by atoms with E-state index in [9.17, 15) is 0 Å². The molecular formula is C55H35N5. The number of hydrogen-bond acceptors (Lipinski definition) is 3. The van der Waals surface area contributed by atoms with E-state index in [4.69, 9.17) is 15.0 Å². The molecule has 0 spiro atoms. The van der Waals surface area contributed by atoms with Gasteiger partial charge in [0.15, 0.2) is 17.5 Å². The van der Waals surface area contributed by atoms with Gasteiger partial charge in [0.2, 0.25) is 0 Å². The van der Waals surface area contributed by atoms with Gasteiger partial charge in [-0.15, -0.1) is 0 Å². The summed E-state index contributed by atoms with van der Waals surface area (Å²) >= 11 is 0. The first kappa shape index (κ1) is 33.9. The zero-order valence-corrected chi connectivity index (χ0v) is 32.4. The Bertz CT molecular complexity index is 3440. The molecule has 5 heteroatoms. The molecule has 0 radical (unpaired) electrons. The molecule has 280 valence electrons. The molecule has 0 saturated heterocycles. The summed E-state index contributed by atoms with van der Waals surface area (Å²) < 4.78 is 4.91. The number of benzene rings is 9. The van der Waals surface area contributed by atoms with Crippen molar-refractivity contribution in [2.24, 2.45) is 0 Å². The van der Waals surface area contributed by atoms with Gasteiger partial charge in [-0.3, -0.25) is 0 Å². The van der Waals surface area contributed by atoms with Crippen LogP contribution in [0.25, 0.3) is 111 Å². The van der Waals surface area contributed by atoms with Crippen molar-refractivity contribution in [3.05, 3.63) is 212 Å². The van der Waals surface area contributed by atoms with E-state index < -0.39 is 0 Å². The topological polar surface area (TPSA) is 48.5 Å². The standard InChI is InChI=1S/C55H35N5/c1-3-18-37(19-4-1)53-56-54(38-20-5-2-6-21-38)58-55(57-53)45-33-34-50(59-46-27-13-9-23-41(46)42-24-10-14-28-47(42)59)52(51(45)40-32-31-36-17-7-8-22-39(36)35-40)60-48-29-15-11-25-43(48)44-26-12-16-30-49(44)60/h1-35H. The molecule has 0 saturated carbocycles. The second kappa shape index (κ2) is 13.8. The van der Waals surface area contributed by atoms with Crippen LogP contribution in [0.1, 0.15) is 0 Å². The summed E-state index contributed by atoms with van der Waals surface area (Å²) in [4.78, 5) is 15.8. The summed E-state index contributed by atoms with van der Waals surface area (Å²) in [5.41, 5.74) is 11.4. The number of fused-ring (bicyclic) bond motifs is 7. The van der Waals surface area contributed by atoms with E-state index in [-0.39, 0.29) is 0 Å². The number of hydrogen-bond donors (Lipinski definition) is 0. The highest BCUT2D eigenvalue weighted by Crippen LogP contribution is 2.46. The van der Waals surface area contributed by atoms with E-state index in [1.54, 1.807) is 0 Å². The summed E-state index contributed by atoms with van der Waals surface area (Å²) in [6.45, 7) is 0. The van der Waals surface area contributed by atoms with Crippen molar-refractivity contribution in [2.75, 3.05) is 0 Å². The van der Waals surface area contributed by atoms with E-state index in [1.807, 2.05) is 36.4 Å². The van der Waals surface area contributed by atoms with Gasteiger partial charge in [-0.1, -0.05) is 170 Å². The van der Waals surface area contributed by atoms with E-state index in [1.165, 1.54) is 26.9 Å². The third-order valence-electron chi connectivity index (χ3n) is 11.8. The average Bonchev–Trinajstić information content (AvgIpc) is 3.84. The van der Waals surface area contributed by atoms with Crippen molar-refractivity contribution in [3.8, 4) is 56.7 Å². The molecule has 3 aromatic heterocycles. The number of para-hydroxylation sites is 4. The fourth-order valence-electron chi connectivity index (χ4n) is 9.08. The molecule has 0 atom stereocenters. The van der Waals surface area contributed by atoms with Crippen LogP contribution in [0, 0.1) is 0 Å². The first-order chi connectivity index (χ1) is 29.8. The molecule has 0 amide bonds. The van der Waals surface area contributed by atoms with Gasteiger partial charge < -0.3 is 9.13 Å². The van der Waals surface area contributed by atoms with Crippen molar-refractivity contribution in [1.82, 2.24) is 24.1 Å². The summed E-state index contributed by atoms with van der Waals surface area (Å²) in [5.74, 6) is 1.84. The van der Waals surface area contributed by atoms with Gasteiger partial charge in [-0.05, 0) is 58.8 Å². The number of aromatic nitrogens is 5. The molecule has 0 bridgehead atoms. The van der Waals surface area contributed by atoms with Crippen LogP contribution in [0.2, 0.25) is 0 Å². The second-order valence-corrected chi connectivity index (χ2v) is 15.2. The SMILES string of the molecule is c1ccc(-c2nc(-c3ccccc3)nc(-c3ccc(-n4c5ccccc5c5ccccc54)c(-n4c5ccccc5c5ccccc54)c3-c3ccc4ccccc4c3)n2)cc1. The molecule has 0 fully saturated rings. The smallest absolute Gasteiger partial charge is 0.164 e. The normalized spacial score (nSPS) is 11.7. The van der Waals surface area contributed by atoms with Crippen LogP contribution < -0.4 is 0 Å². The molecule has 0 unspecified atom stereocenters. The van der Waals surface area contributed by atoms with Crippen LogP contribution in [0.3, 0.4) is 0 Å². The van der Waals surface area contributed by atoms with Gasteiger partial charge in [-0.2, -0.15) is 0 Å². The molecule has 0 aliphatic heterocycles. The number of rotatable bonds is 6. The Morgan fingerprint density at radius 2 is 0.733 bits per heavy atom. The monoisotopic (exact) mass is 765 g/mol. The Kier molecular flexibility index (Phi) is 7.78. The van der Waals surface area contributed by atoms with Crippen molar-refractivity contribution >= 4 is 54.4 Å². The molecule has 0 aliphatic carbocycles. The second-order valence-electron chi connectivity index (χ2n) is 15.2. The summed E-state index contributed by atoms with van der Waals surface area (Å²) in [7, 11) is 0. The van der Waals surface area contributed by atoms with Gasteiger partial charge in [0.05, 0.1) is 33.4 Å².